The molecule has 3 N–H and O–H groups in total. The summed E-state index contributed by atoms with van der Waals surface area (Å²) >= 11 is 0. The number of hydrogen-bond donors (Lipinski definition) is 3. The van der Waals surface area contributed by atoms with Crippen molar-refractivity contribution in [1.29, 1.82) is 0 Å². The van der Waals surface area contributed by atoms with E-state index < -0.39 is 42.0 Å². The number of ether oxygens (including phenoxy) is 2. The number of esters is 1. The molecule has 3 aromatic rings. The highest BCUT2D eigenvalue weighted by atomic mass is 16.5. The molecule has 1 aliphatic rings. The Balaban J connectivity index is 1.44. The second kappa shape index (κ2) is 14.5. The number of rotatable bonds is 12. The average molecular weight is 586 g/mol. The van der Waals surface area contributed by atoms with E-state index in [9.17, 15) is 19.2 Å². The number of nitrogens with one attached hydrogen (secondary N) is 3. The third-order valence-electron chi connectivity index (χ3n) is 7.49. The first-order chi connectivity index (χ1) is 20.7. The van der Waals surface area contributed by atoms with Crippen LogP contribution >= 0.6 is 0 Å². The predicted molar refractivity (Wildman–Crippen MR) is 163 cm³/mol. The minimum atomic E-state index is -0.999. The largest absolute Gasteiger partial charge is 0.467 e. The van der Waals surface area contributed by atoms with Gasteiger partial charge in [-0.2, -0.15) is 0 Å². The maximum atomic E-state index is 13.5. The van der Waals surface area contributed by atoms with Gasteiger partial charge in [-0.15, -0.1) is 0 Å². The van der Waals surface area contributed by atoms with Crippen molar-refractivity contribution in [3.05, 3.63) is 95.6 Å². The van der Waals surface area contributed by atoms with E-state index in [0.29, 0.717) is 6.42 Å². The lowest BCUT2D eigenvalue weighted by atomic mass is 9.98. The van der Waals surface area contributed by atoms with Crippen LogP contribution in [0.5, 0.6) is 0 Å². The van der Waals surface area contributed by atoms with Gasteiger partial charge in [0.25, 0.3) is 0 Å². The highest BCUT2D eigenvalue weighted by Gasteiger charge is 2.32. The molecule has 0 aromatic heterocycles. The topological polar surface area (TPSA) is 123 Å². The number of carbonyl (C=O) groups is 4. The molecule has 0 unspecified atom stereocenters. The van der Waals surface area contributed by atoms with Gasteiger partial charge in [-0.05, 0) is 47.1 Å². The minimum Gasteiger partial charge on any atom is -0.467 e. The fourth-order valence-corrected chi connectivity index (χ4v) is 5.37. The predicted octanol–water partition coefficient (Wildman–Crippen LogP) is 4.35. The van der Waals surface area contributed by atoms with Crippen LogP contribution in [0.1, 0.15) is 49.8 Å². The van der Waals surface area contributed by atoms with Crippen molar-refractivity contribution in [2.75, 3.05) is 13.7 Å². The van der Waals surface area contributed by atoms with Gasteiger partial charge in [-0.1, -0.05) is 92.7 Å². The fraction of sp³-hybridized carbons (Fsp3) is 0.353. The molecule has 0 bridgehead atoms. The van der Waals surface area contributed by atoms with Gasteiger partial charge in [0.15, 0.2) is 0 Å². The van der Waals surface area contributed by atoms with Crippen molar-refractivity contribution in [2.24, 2.45) is 5.92 Å². The van der Waals surface area contributed by atoms with Gasteiger partial charge >= 0.3 is 12.1 Å². The molecule has 0 saturated heterocycles. The van der Waals surface area contributed by atoms with E-state index in [1.807, 2.05) is 80.6 Å². The van der Waals surface area contributed by atoms with Crippen LogP contribution in [0.2, 0.25) is 0 Å². The van der Waals surface area contributed by atoms with Gasteiger partial charge in [-0.25, -0.2) is 9.59 Å². The van der Waals surface area contributed by atoms with Crippen molar-refractivity contribution < 1.29 is 28.7 Å². The Hall–Kier alpha value is -4.66. The number of fused-ring (bicyclic) bond motifs is 3. The van der Waals surface area contributed by atoms with E-state index in [0.717, 1.165) is 27.8 Å². The molecule has 0 aliphatic heterocycles. The monoisotopic (exact) mass is 585 g/mol. The number of hydrogen-bond acceptors (Lipinski definition) is 6. The molecular weight excluding hydrogens is 546 g/mol. The van der Waals surface area contributed by atoms with Gasteiger partial charge in [-0.3, -0.25) is 9.59 Å². The summed E-state index contributed by atoms with van der Waals surface area (Å²) in [4.78, 5) is 51.7. The molecular formula is C34H39N3O6. The second-order valence-electron chi connectivity index (χ2n) is 11.2. The van der Waals surface area contributed by atoms with Gasteiger partial charge in [0.2, 0.25) is 11.8 Å². The Morgan fingerprint density at radius 1 is 0.721 bits per heavy atom. The zero-order valence-corrected chi connectivity index (χ0v) is 25.0. The Bertz CT molecular complexity index is 1400. The number of amides is 3. The second-order valence-corrected chi connectivity index (χ2v) is 11.2. The number of alkyl carbamates (subject to hydrolysis) is 1. The van der Waals surface area contributed by atoms with Gasteiger partial charge < -0.3 is 25.4 Å². The van der Waals surface area contributed by atoms with Crippen LogP contribution in [0.3, 0.4) is 0 Å². The van der Waals surface area contributed by atoms with E-state index >= 15 is 0 Å². The van der Waals surface area contributed by atoms with E-state index in [1.54, 1.807) is 0 Å². The van der Waals surface area contributed by atoms with Crippen LogP contribution in [0.15, 0.2) is 78.9 Å². The van der Waals surface area contributed by atoms with E-state index in [1.165, 1.54) is 14.0 Å². The van der Waals surface area contributed by atoms with Crippen LogP contribution in [0, 0.1) is 5.92 Å². The van der Waals surface area contributed by atoms with Gasteiger partial charge in [0.1, 0.15) is 24.7 Å². The third kappa shape index (κ3) is 8.00. The average Bonchev–Trinajstić information content (AvgIpc) is 3.32. The lowest BCUT2D eigenvalue weighted by Crippen LogP contribution is -2.56. The van der Waals surface area contributed by atoms with Crippen molar-refractivity contribution in [1.82, 2.24) is 16.0 Å². The number of carbonyl (C=O) groups excluding carboxylic acids is 4. The Morgan fingerprint density at radius 3 is 1.86 bits per heavy atom. The van der Waals surface area contributed by atoms with Gasteiger partial charge in [0.05, 0.1) is 7.11 Å². The maximum Gasteiger partial charge on any atom is 0.407 e. The summed E-state index contributed by atoms with van der Waals surface area (Å²) in [5.41, 5.74) is 5.23. The zero-order valence-electron chi connectivity index (χ0n) is 25.0. The van der Waals surface area contributed by atoms with Crippen molar-refractivity contribution in [2.45, 2.75) is 57.7 Å². The first kappa shape index (κ1) is 31.3. The summed E-state index contributed by atoms with van der Waals surface area (Å²) in [5.74, 6) is -1.73. The summed E-state index contributed by atoms with van der Waals surface area (Å²) in [5, 5.41) is 8.11. The molecule has 43 heavy (non-hydrogen) atoms. The van der Waals surface area contributed by atoms with Crippen molar-refractivity contribution >= 4 is 23.9 Å². The number of benzene rings is 3. The number of methoxy groups -OCH3 is 1. The summed E-state index contributed by atoms with van der Waals surface area (Å²) in [6.07, 6.45) is -0.203. The summed E-state index contributed by atoms with van der Waals surface area (Å²) < 4.78 is 10.4. The molecule has 4 rings (SSSR count). The molecule has 3 amide bonds. The fourth-order valence-electron chi connectivity index (χ4n) is 5.37. The molecule has 3 aromatic carbocycles. The van der Waals surface area contributed by atoms with E-state index in [-0.39, 0.29) is 24.9 Å². The van der Waals surface area contributed by atoms with Crippen molar-refractivity contribution in [3.63, 3.8) is 0 Å². The SMILES string of the molecule is COC(=O)[C@H](C)NC(=O)[C@H](Cc1ccccc1)NC(=O)[C@H](CC(C)C)NC(=O)OCC1c2ccccc2-c2ccccc21. The minimum absolute atomic E-state index is 0.0605. The molecule has 0 spiro atoms. The Labute approximate surface area is 252 Å². The van der Waals surface area contributed by atoms with Crippen LogP contribution in [0.25, 0.3) is 11.1 Å². The van der Waals surface area contributed by atoms with E-state index in [4.69, 9.17) is 9.47 Å². The molecule has 0 radical (unpaired) electrons. The summed E-state index contributed by atoms with van der Waals surface area (Å²) in [7, 11) is 1.24. The highest BCUT2D eigenvalue weighted by Crippen LogP contribution is 2.44. The van der Waals surface area contributed by atoms with E-state index in [2.05, 4.69) is 28.1 Å². The molecule has 1 aliphatic carbocycles. The van der Waals surface area contributed by atoms with Crippen LogP contribution in [-0.4, -0.2) is 55.7 Å². The molecule has 0 fully saturated rings. The van der Waals surface area contributed by atoms with Crippen LogP contribution in [0.4, 0.5) is 4.79 Å². The van der Waals surface area contributed by atoms with Crippen LogP contribution < -0.4 is 16.0 Å². The molecule has 0 saturated carbocycles. The Kier molecular flexibility index (Phi) is 10.5. The lowest BCUT2D eigenvalue weighted by Gasteiger charge is -2.25. The smallest absolute Gasteiger partial charge is 0.407 e. The van der Waals surface area contributed by atoms with Crippen LogP contribution in [-0.2, 0) is 30.3 Å². The quantitative estimate of drug-likeness (QED) is 0.272. The molecule has 9 nitrogen and oxygen atoms in total. The highest BCUT2D eigenvalue weighted by molar-refractivity contribution is 5.93. The Morgan fingerprint density at radius 2 is 1.28 bits per heavy atom. The van der Waals surface area contributed by atoms with Gasteiger partial charge in [0, 0.05) is 12.3 Å². The lowest BCUT2D eigenvalue weighted by molar-refractivity contribution is -0.144. The first-order valence-corrected chi connectivity index (χ1v) is 14.5. The zero-order chi connectivity index (χ0) is 30.9. The van der Waals surface area contributed by atoms with Crippen molar-refractivity contribution in [3.8, 4) is 11.1 Å². The molecule has 226 valence electrons. The molecule has 0 heterocycles. The summed E-state index contributed by atoms with van der Waals surface area (Å²) in [6, 6.07) is 22.5. The maximum absolute atomic E-state index is 13.5. The first-order valence-electron chi connectivity index (χ1n) is 14.5. The third-order valence-corrected chi connectivity index (χ3v) is 7.49. The normalized spacial score (nSPS) is 14.1. The standard InChI is InChI=1S/C34H39N3O6/c1-21(2)18-29(32(39)36-30(19-23-12-6-5-7-13-23)31(38)35-22(3)33(40)42-4)37-34(41)43-20-28-26-16-10-8-14-24(26)25-15-9-11-17-27(25)28/h5-17,21-22,28-30H,18-20H2,1-4H3,(H,35,38)(H,36,39)(H,37,41)/t22-,29-,30-/m0/s1. The molecule has 3 atom stereocenters. The molecule has 9 heteroatoms. The summed E-state index contributed by atoms with van der Waals surface area (Å²) in [6.45, 7) is 5.49.